The summed E-state index contributed by atoms with van der Waals surface area (Å²) in [5.74, 6) is 1.16. The summed E-state index contributed by atoms with van der Waals surface area (Å²) in [5, 5.41) is -0.0726. The molecule has 0 amide bonds. The van der Waals surface area contributed by atoms with Gasteiger partial charge in [0.25, 0.3) is 10.0 Å². The lowest BCUT2D eigenvalue weighted by molar-refractivity contribution is 0.407. The van der Waals surface area contributed by atoms with Gasteiger partial charge in [0.2, 0.25) is 5.16 Å². The van der Waals surface area contributed by atoms with Crippen LogP contribution in [0.1, 0.15) is 50.6 Å². The van der Waals surface area contributed by atoms with Crippen molar-refractivity contribution in [3.05, 3.63) is 71.0 Å². The molecule has 0 spiro atoms. The Balaban J connectivity index is 0.00000253. The number of benzene rings is 2. The van der Waals surface area contributed by atoms with Crippen molar-refractivity contribution in [1.82, 2.24) is 13.9 Å². The number of methoxy groups -OCH3 is 2. The van der Waals surface area contributed by atoms with E-state index >= 15 is 0 Å². The molecule has 38 heavy (non-hydrogen) atoms. The van der Waals surface area contributed by atoms with Crippen LogP contribution in [0.25, 0.3) is 11.0 Å². The van der Waals surface area contributed by atoms with E-state index in [1.54, 1.807) is 55.8 Å². The number of hydrogen-bond donors (Lipinski definition) is 0. The Labute approximate surface area is 228 Å². The van der Waals surface area contributed by atoms with Crippen LogP contribution >= 0.6 is 0 Å². The average Bonchev–Trinajstić information content (AvgIpc) is 3.26. The van der Waals surface area contributed by atoms with Crippen molar-refractivity contribution in [1.29, 1.82) is 0 Å². The van der Waals surface area contributed by atoms with Gasteiger partial charge in [-0.2, -0.15) is 0 Å². The van der Waals surface area contributed by atoms with Crippen LogP contribution in [-0.2, 0) is 33.0 Å². The second kappa shape index (κ2) is 12.5. The maximum absolute atomic E-state index is 13.8. The number of aromatic nitrogens is 3. The number of imidazole rings is 1. The second-order valence-corrected chi connectivity index (χ2v) is 11.6. The maximum Gasteiger partial charge on any atom is 0.270 e. The van der Waals surface area contributed by atoms with Crippen molar-refractivity contribution in [2.75, 3.05) is 14.2 Å². The highest BCUT2D eigenvalue weighted by molar-refractivity contribution is 7.91. The van der Waals surface area contributed by atoms with Crippen LogP contribution in [0, 0.1) is 13.8 Å². The largest absolute Gasteiger partial charge is 0.497 e. The molecule has 2 aromatic carbocycles. The van der Waals surface area contributed by atoms with E-state index in [0.29, 0.717) is 28.2 Å². The third kappa shape index (κ3) is 5.76. The SMILES string of the molecule is C.C.CCCc1ccc(S(=O)(=O)n2c(S(=O)Cc3ncc(C)c(OC)c3C)nc3cc(OC)ccc32)cc1. The molecule has 1 atom stereocenters. The number of hydrogen-bond acceptors (Lipinski definition) is 7. The van der Waals surface area contributed by atoms with Crippen LogP contribution in [0.4, 0.5) is 0 Å². The van der Waals surface area contributed by atoms with Gasteiger partial charge in [0.1, 0.15) is 11.5 Å². The van der Waals surface area contributed by atoms with E-state index in [9.17, 15) is 12.6 Å². The molecule has 10 heteroatoms. The fraction of sp³-hybridized carbons (Fsp3) is 0.357. The van der Waals surface area contributed by atoms with E-state index < -0.39 is 20.8 Å². The lowest BCUT2D eigenvalue weighted by atomic mass is 10.1. The van der Waals surface area contributed by atoms with Crippen LogP contribution in [0.5, 0.6) is 11.5 Å². The fourth-order valence-corrected chi connectivity index (χ4v) is 7.19. The zero-order valence-corrected chi connectivity index (χ0v) is 22.6. The van der Waals surface area contributed by atoms with E-state index in [-0.39, 0.29) is 30.7 Å². The Morgan fingerprint density at radius 3 is 2.29 bits per heavy atom. The van der Waals surface area contributed by atoms with E-state index in [1.165, 1.54) is 7.11 Å². The molecule has 2 aromatic heterocycles. The van der Waals surface area contributed by atoms with Gasteiger partial charge in [-0.1, -0.05) is 40.3 Å². The van der Waals surface area contributed by atoms with Gasteiger partial charge in [-0.3, -0.25) is 9.19 Å². The minimum absolute atomic E-state index is 0. The Morgan fingerprint density at radius 1 is 1.00 bits per heavy atom. The molecule has 0 N–H and O–H groups in total. The molecule has 1 unspecified atom stereocenters. The van der Waals surface area contributed by atoms with E-state index in [0.717, 1.165) is 33.5 Å². The summed E-state index contributed by atoms with van der Waals surface area (Å²) < 4.78 is 53.2. The standard InChI is InChI=1S/C26H29N3O5S2.2CH4/c1-6-7-19-8-11-21(12-9-19)36(31,32)29-24-13-10-20(33-4)14-22(24)28-26(29)35(30)16-23-18(3)25(34-5)17(2)15-27-23;;/h8-15H,6-7,16H2,1-5H3;2*1H4. The fourth-order valence-electron chi connectivity index (χ4n) is 4.15. The van der Waals surface area contributed by atoms with Crippen LogP contribution in [0.15, 0.2) is 58.7 Å². The minimum atomic E-state index is -4.10. The Hall–Kier alpha value is -3.24. The van der Waals surface area contributed by atoms with Gasteiger partial charge in [-0.05, 0) is 50.1 Å². The van der Waals surface area contributed by atoms with Crippen LogP contribution < -0.4 is 9.47 Å². The molecule has 4 aromatic rings. The molecule has 0 aliphatic rings. The van der Waals surface area contributed by atoms with E-state index in [2.05, 4.69) is 16.9 Å². The summed E-state index contributed by atoms with van der Waals surface area (Å²) in [6, 6.07) is 11.7. The number of fused-ring (bicyclic) bond motifs is 1. The molecule has 2 heterocycles. The van der Waals surface area contributed by atoms with Crippen molar-refractivity contribution in [2.24, 2.45) is 0 Å². The summed E-state index contributed by atoms with van der Waals surface area (Å²) in [6.45, 7) is 5.79. The van der Waals surface area contributed by atoms with Crippen molar-refractivity contribution >= 4 is 31.9 Å². The summed E-state index contributed by atoms with van der Waals surface area (Å²) in [6.07, 6.45) is 3.47. The summed E-state index contributed by atoms with van der Waals surface area (Å²) >= 11 is 0. The summed E-state index contributed by atoms with van der Waals surface area (Å²) in [5.41, 5.74) is 3.91. The smallest absolute Gasteiger partial charge is 0.270 e. The average molecular weight is 560 g/mol. The quantitative estimate of drug-likeness (QED) is 0.254. The monoisotopic (exact) mass is 559 g/mol. The summed E-state index contributed by atoms with van der Waals surface area (Å²) in [4.78, 5) is 9.02. The first-order valence-corrected chi connectivity index (χ1v) is 14.3. The normalized spacial score (nSPS) is 11.9. The molecule has 206 valence electrons. The highest BCUT2D eigenvalue weighted by Gasteiger charge is 2.28. The number of rotatable bonds is 9. The first-order valence-electron chi connectivity index (χ1n) is 11.5. The van der Waals surface area contributed by atoms with Gasteiger partial charge in [0.15, 0.2) is 0 Å². The third-order valence-corrected chi connectivity index (χ3v) is 9.06. The van der Waals surface area contributed by atoms with Crippen molar-refractivity contribution < 1.29 is 22.1 Å². The predicted octanol–water partition coefficient (Wildman–Crippen LogP) is 5.83. The molecular formula is C28H37N3O5S2. The Bertz CT molecular complexity index is 1550. The third-order valence-electron chi connectivity index (χ3n) is 6.01. The molecule has 0 fully saturated rings. The molecular weight excluding hydrogens is 522 g/mol. The topological polar surface area (TPSA) is 100 Å². The molecule has 0 aliphatic heterocycles. The highest BCUT2D eigenvalue weighted by Crippen LogP contribution is 2.30. The first kappa shape index (κ1) is 31.0. The zero-order chi connectivity index (χ0) is 26.0. The Kier molecular flexibility index (Phi) is 10.2. The van der Waals surface area contributed by atoms with Gasteiger partial charge >= 0.3 is 0 Å². The van der Waals surface area contributed by atoms with Crippen LogP contribution in [0.3, 0.4) is 0 Å². The lowest BCUT2D eigenvalue weighted by Crippen LogP contribution is -2.18. The van der Waals surface area contributed by atoms with Crippen LogP contribution in [0.2, 0.25) is 0 Å². The van der Waals surface area contributed by atoms with Crippen molar-refractivity contribution in [2.45, 2.75) is 64.3 Å². The Morgan fingerprint density at radius 2 is 1.68 bits per heavy atom. The number of aryl methyl sites for hydroxylation is 2. The first-order chi connectivity index (χ1) is 17.2. The maximum atomic E-state index is 13.8. The molecule has 8 nitrogen and oxygen atoms in total. The molecule has 0 saturated carbocycles. The zero-order valence-electron chi connectivity index (χ0n) is 20.9. The van der Waals surface area contributed by atoms with Crippen LogP contribution in [-0.4, -0.2) is 40.8 Å². The van der Waals surface area contributed by atoms with Crippen molar-refractivity contribution in [3.8, 4) is 11.5 Å². The molecule has 4 rings (SSSR count). The molecule has 0 saturated heterocycles. The highest BCUT2D eigenvalue weighted by atomic mass is 32.2. The molecule has 0 aliphatic carbocycles. The number of nitrogens with zero attached hydrogens (tertiary/aromatic N) is 3. The summed E-state index contributed by atoms with van der Waals surface area (Å²) in [7, 11) is -2.83. The van der Waals surface area contributed by atoms with Gasteiger partial charge in [0.05, 0.1) is 52.4 Å². The minimum Gasteiger partial charge on any atom is -0.497 e. The number of ether oxygens (including phenoxy) is 2. The van der Waals surface area contributed by atoms with Gasteiger partial charge in [-0.15, -0.1) is 0 Å². The molecule has 0 bridgehead atoms. The second-order valence-electron chi connectivity index (χ2n) is 8.45. The van der Waals surface area contributed by atoms with E-state index in [4.69, 9.17) is 9.47 Å². The number of pyridine rings is 1. The van der Waals surface area contributed by atoms with Gasteiger partial charge in [-0.25, -0.2) is 17.4 Å². The van der Waals surface area contributed by atoms with Gasteiger partial charge < -0.3 is 9.47 Å². The van der Waals surface area contributed by atoms with Gasteiger partial charge in [0, 0.05) is 23.4 Å². The van der Waals surface area contributed by atoms with E-state index in [1.807, 2.05) is 13.8 Å². The molecule has 0 radical (unpaired) electrons. The van der Waals surface area contributed by atoms with Crippen molar-refractivity contribution in [3.63, 3.8) is 0 Å². The lowest BCUT2D eigenvalue weighted by Gasteiger charge is -2.13. The predicted molar refractivity (Wildman–Crippen MR) is 153 cm³/mol.